The van der Waals surface area contributed by atoms with E-state index in [1.165, 1.54) is 0 Å². The molecule has 23 heavy (non-hydrogen) atoms. The predicted octanol–water partition coefficient (Wildman–Crippen LogP) is 4.79. The Hall–Kier alpha value is -2.20. The Morgan fingerprint density at radius 1 is 1.00 bits per heavy atom. The molecule has 0 fully saturated rings. The zero-order valence-electron chi connectivity index (χ0n) is 13.9. The molecule has 2 aromatic carbocycles. The molecule has 0 heterocycles. The summed E-state index contributed by atoms with van der Waals surface area (Å²) in [6.45, 7) is 6.27. The molecule has 0 aliphatic rings. The first-order valence-corrected chi connectivity index (χ1v) is 8.27. The van der Waals surface area contributed by atoms with Crippen LogP contribution in [0.25, 0.3) is 0 Å². The standard InChI is InChI=1S/C19H23N3S/c1-4-9-17(16-12-6-5-7-13-16)21-22-19(23)20-18-14(2)10-8-11-15(18)3/h5-8,10-13H,4,9H2,1-3H3,(H2,20,22,23)/b21-17-. The smallest absolute Gasteiger partial charge is 0.191 e. The van der Waals surface area contributed by atoms with Crippen LogP contribution < -0.4 is 10.7 Å². The van der Waals surface area contributed by atoms with Crippen LogP contribution in [0.4, 0.5) is 5.69 Å². The Labute approximate surface area is 143 Å². The van der Waals surface area contributed by atoms with Gasteiger partial charge in [0.25, 0.3) is 0 Å². The first-order chi connectivity index (χ1) is 11.1. The highest BCUT2D eigenvalue weighted by Gasteiger charge is 2.05. The van der Waals surface area contributed by atoms with E-state index >= 15 is 0 Å². The van der Waals surface area contributed by atoms with Gasteiger partial charge in [-0.1, -0.05) is 61.9 Å². The van der Waals surface area contributed by atoms with Crippen LogP contribution in [0.5, 0.6) is 0 Å². The highest BCUT2D eigenvalue weighted by molar-refractivity contribution is 7.80. The lowest BCUT2D eigenvalue weighted by atomic mass is 10.1. The Balaban J connectivity index is 2.09. The van der Waals surface area contributed by atoms with Gasteiger partial charge in [-0.15, -0.1) is 0 Å². The van der Waals surface area contributed by atoms with Gasteiger partial charge in [-0.05, 0) is 49.2 Å². The summed E-state index contributed by atoms with van der Waals surface area (Å²) in [6.07, 6.45) is 1.94. The maximum absolute atomic E-state index is 5.38. The van der Waals surface area contributed by atoms with E-state index in [4.69, 9.17) is 12.2 Å². The zero-order chi connectivity index (χ0) is 16.7. The maximum atomic E-state index is 5.38. The highest BCUT2D eigenvalue weighted by atomic mass is 32.1. The summed E-state index contributed by atoms with van der Waals surface area (Å²) in [6, 6.07) is 16.4. The number of rotatable bonds is 5. The molecule has 0 bridgehead atoms. The van der Waals surface area contributed by atoms with E-state index in [1.807, 2.05) is 24.3 Å². The molecule has 0 atom stereocenters. The number of aryl methyl sites for hydroxylation is 2. The third kappa shape index (κ3) is 4.89. The van der Waals surface area contributed by atoms with Gasteiger partial charge in [0.05, 0.1) is 5.71 Å². The molecule has 0 aliphatic carbocycles. The monoisotopic (exact) mass is 325 g/mol. The molecule has 2 rings (SSSR count). The minimum Gasteiger partial charge on any atom is -0.331 e. The maximum Gasteiger partial charge on any atom is 0.191 e. The Morgan fingerprint density at radius 2 is 1.65 bits per heavy atom. The fourth-order valence-electron chi connectivity index (χ4n) is 2.40. The summed E-state index contributed by atoms with van der Waals surface area (Å²) in [7, 11) is 0. The van der Waals surface area contributed by atoms with E-state index in [-0.39, 0.29) is 0 Å². The second-order valence-corrected chi connectivity index (χ2v) is 5.92. The fourth-order valence-corrected chi connectivity index (χ4v) is 2.55. The van der Waals surface area contributed by atoms with Gasteiger partial charge < -0.3 is 5.32 Å². The first-order valence-electron chi connectivity index (χ1n) is 7.87. The van der Waals surface area contributed by atoms with E-state index in [1.54, 1.807) is 0 Å². The molecule has 0 saturated carbocycles. The molecule has 2 N–H and O–H groups in total. The van der Waals surface area contributed by atoms with E-state index in [0.29, 0.717) is 5.11 Å². The number of hydrogen-bond donors (Lipinski definition) is 2. The van der Waals surface area contributed by atoms with Crippen LogP contribution in [0.15, 0.2) is 53.6 Å². The number of benzene rings is 2. The van der Waals surface area contributed by atoms with Crippen LogP contribution in [-0.2, 0) is 0 Å². The molecule has 2 aromatic rings. The van der Waals surface area contributed by atoms with Crippen molar-refractivity contribution in [3.8, 4) is 0 Å². The molecule has 0 amide bonds. The summed E-state index contributed by atoms with van der Waals surface area (Å²) in [5.41, 5.74) is 8.47. The van der Waals surface area contributed by atoms with Crippen LogP contribution in [0, 0.1) is 13.8 Å². The second-order valence-electron chi connectivity index (χ2n) is 5.51. The van der Waals surface area contributed by atoms with Crippen molar-refractivity contribution in [2.75, 3.05) is 5.32 Å². The minimum atomic E-state index is 0.506. The minimum absolute atomic E-state index is 0.506. The predicted molar refractivity (Wildman–Crippen MR) is 103 cm³/mol. The normalized spacial score (nSPS) is 11.2. The van der Waals surface area contributed by atoms with Crippen molar-refractivity contribution >= 4 is 28.7 Å². The largest absolute Gasteiger partial charge is 0.331 e. The average molecular weight is 325 g/mol. The molecule has 3 nitrogen and oxygen atoms in total. The summed E-state index contributed by atoms with van der Waals surface area (Å²) in [5, 5.41) is 8.25. The van der Waals surface area contributed by atoms with Crippen LogP contribution in [0.2, 0.25) is 0 Å². The molecular formula is C19H23N3S. The number of hydrogen-bond acceptors (Lipinski definition) is 2. The zero-order valence-corrected chi connectivity index (χ0v) is 14.7. The van der Waals surface area contributed by atoms with Crippen molar-refractivity contribution in [3.05, 3.63) is 65.2 Å². The van der Waals surface area contributed by atoms with Gasteiger partial charge in [-0.3, -0.25) is 5.43 Å². The van der Waals surface area contributed by atoms with Crippen LogP contribution in [0.3, 0.4) is 0 Å². The van der Waals surface area contributed by atoms with Gasteiger partial charge in [0, 0.05) is 5.69 Å². The molecule has 0 radical (unpaired) electrons. The molecule has 4 heteroatoms. The van der Waals surface area contributed by atoms with Crippen molar-refractivity contribution in [3.63, 3.8) is 0 Å². The summed E-state index contributed by atoms with van der Waals surface area (Å²) in [4.78, 5) is 0. The molecule has 0 aliphatic heterocycles. The quantitative estimate of drug-likeness (QED) is 0.471. The SMILES string of the molecule is CCC/C(=N/NC(=S)Nc1c(C)cccc1C)c1ccccc1. The highest BCUT2D eigenvalue weighted by Crippen LogP contribution is 2.19. The lowest BCUT2D eigenvalue weighted by Crippen LogP contribution is -2.26. The van der Waals surface area contributed by atoms with Gasteiger partial charge in [-0.2, -0.15) is 5.10 Å². The van der Waals surface area contributed by atoms with E-state index in [0.717, 1.165) is 40.9 Å². The summed E-state index contributed by atoms with van der Waals surface area (Å²) < 4.78 is 0. The molecule has 120 valence electrons. The molecule has 0 saturated heterocycles. The van der Waals surface area contributed by atoms with Gasteiger partial charge in [0.2, 0.25) is 0 Å². The Kier molecular flexibility index (Phi) is 6.29. The number of anilines is 1. The average Bonchev–Trinajstić information content (AvgIpc) is 2.56. The lowest BCUT2D eigenvalue weighted by Gasteiger charge is -2.13. The lowest BCUT2D eigenvalue weighted by molar-refractivity contribution is 0.954. The van der Waals surface area contributed by atoms with E-state index in [9.17, 15) is 0 Å². The van der Waals surface area contributed by atoms with Gasteiger partial charge in [-0.25, -0.2) is 0 Å². The third-order valence-corrected chi connectivity index (χ3v) is 3.80. The fraction of sp³-hybridized carbons (Fsp3) is 0.263. The number of hydrazone groups is 1. The number of thiocarbonyl (C=S) groups is 1. The van der Waals surface area contributed by atoms with Crippen molar-refractivity contribution < 1.29 is 0 Å². The van der Waals surface area contributed by atoms with Crippen LogP contribution >= 0.6 is 12.2 Å². The number of nitrogens with zero attached hydrogens (tertiary/aromatic N) is 1. The Morgan fingerprint density at radius 3 is 2.26 bits per heavy atom. The molecule has 0 unspecified atom stereocenters. The molecule has 0 aromatic heterocycles. The van der Waals surface area contributed by atoms with Gasteiger partial charge >= 0.3 is 0 Å². The van der Waals surface area contributed by atoms with Crippen molar-refractivity contribution in [1.29, 1.82) is 0 Å². The van der Waals surface area contributed by atoms with E-state index in [2.05, 4.69) is 60.9 Å². The van der Waals surface area contributed by atoms with E-state index < -0.39 is 0 Å². The van der Waals surface area contributed by atoms with Crippen molar-refractivity contribution in [2.45, 2.75) is 33.6 Å². The summed E-state index contributed by atoms with van der Waals surface area (Å²) in [5.74, 6) is 0. The molecular weight excluding hydrogens is 302 g/mol. The second kappa shape index (κ2) is 8.44. The third-order valence-electron chi connectivity index (χ3n) is 3.61. The first kappa shape index (κ1) is 17.2. The number of nitrogens with one attached hydrogen (secondary N) is 2. The number of para-hydroxylation sites is 1. The van der Waals surface area contributed by atoms with Crippen molar-refractivity contribution in [2.24, 2.45) is 5.10 Å². The van der Waals surface area contributed by atoms with Crippen molar-refractivity contribution in [1.82, 2.24) is 5.43 Å². The topological polar surface area (TPSA) is 36.4 Å². The van der Waals surface area contributed by atoms with Crippen LogP contribution in [0.1, 0.15) is 36.5 Å². The summed E-state index contributed by atoms with van der Waals surface area (Å²) >= 11 is 5.38. The Bertz CT molecular complexity index is 673. The van der Waals surface area contributed by atoms with Gasteiger partial charge in [0.1, 0.15) is 0 Å². The van der Waals surface area contributed by atoms with Gasteiger partial charge in [0.15, 0.2) is 5.11 Å². The van der Waals surface area contributed by atoms with Crippen LogP contribution in [-0.4, -0.2) is 10.8 Å². The molecule has 0 spiro atoms.